The lowest BCUT2D eigenvalue weighted by Gasteiger charge is -2.06. The van der Waals surface area contributed by atoms with E-state index in [1.807, 2.05) is 6.92 Å². The van der Waals surface area contributed by atoms with E-state index in [0.717, 1.165) is 5.56 Å². The number of nitrogens with two attached hydrogens (primary N) is 1. The molecule has 3 N–H and O–H groups in total. The smallest absolute Gasteiger partial charge is 0.282 e. The van der Waals surface area contributed by atoms with Crippen LogP contribution in [-0.4, -0.2) is 23.0 Å². The first-order valence-corrected chi connectivity index (χ1v) is 7.17. The van der Waals surface area contributed by atoms with Gasteiger partial charge in [0.25, 0.3) is 10.0 Å². The number of sulfonamides is 1. The number of imidazole rings is 1. The lowest BCUT2D eigenvalue weighted by molar-refractivity contribution is 0.598. The molecule has 0 bridgehead atoms. The van der Waals surface area contributed by atoms with E-state index in [0.29, 0.717) is 12.2 Å². The van der Waals surface area contributed by atoms with E-state index >= 15 is 0 Å². The predicted octanol–water partition coefficient (Wildman–Crippen LogP) is 0.989. The van der Waals surface area contributed by atoms with Gasteiger partial charge in [0, 0.05) is 12.7 Å². The molecule has 0 radical (unpaired) electrons. The average Bonchev–Trinajstić information content (AvgIpc) is 2.83. The van der Waals surface area contributed by atoms with Crippen LogP contribution in [-0.2, 0) is 16.6 Å². The van der Waals surface area contributed by atoms with E-state index in [9.17, 15) is 8.42 Å². The number of nitrogens with zero attached hydrogens (tertiary/aromatic N) is 3. The van der Waals surface area contributed by atoms with Crippen LogP contribution in [0.25, 0.3) is 0 Å². The number of hydrogen-bond acceptors (Lipinski definition) is 5. The molecule has 0 spiro atoms. The number of nitrogens with one attached hydrogen (secondary N) is 1. The fraction of sp³-hybridized carbons (Fsp3) is 0.273. The zero-order valence-corrected chi connectivity index (χ0v) is 11.5. The van der Waals surface area contributed by atoms with E-state index in [1.165, 1.54) is 18.7 Å². The second-order valence-corrected chi connectivity index (χ2v) is 5.70. The van der Waals surface area contributed by atoms with E-state index in [2.05, 4.69) is 14.7 Å². The van der Waals surface area contributed by atoms with E-state index in [-0.39, 0.29) is 10.8 Å². The zero-order valence-electron chi connectivity index (χ0n) is 10.7. The topological polar surface area (TPSA) is 103 Å². The molecule has 2 aromatic heterocycles. The van der Waals surface area contributed by atoms with E-state index < -0.39 is 10.0 Å². The molecular formula is C11H15N5O2S. The normalized spacial score (nSPS) is 11.5. The van der Waals surface area contributed by atoms with Gasteiger partial charge in [-0.15, -0.1) is 0 Å². The Morgan fingerprint density at radius 2 is 2.16 bits per heavy atom. The summed E-state index contributed by atoms with van der Waals surface area (Å²) >= 11 is 0. The highest BCUT2D eigenvalue weighted by atomic mass is 32.2. The van der Waals surface area contributed by atoms with Crippen LogP contribution < -0.4 is 10.5 Å². The van der Waals surface area contributed by atoms with Crippen LogP contribution in [0.2, 0.25) is 0 Å². The summed E-state index contributed by atoms with van der Waals surface area (Å²) in [6.07, 6.45) is 4.35. The predicted molar refractivity (Wildman–Crippen MR) is 72.1 cm³/mol. The van der Waals surface area contributed by atoms with Crippen LogP contribution in [0.5, 0.6) is 0 Å². The number of hydrogen-bond donors (Lipinski definition) is 2. The summed E-state index contributed by atoms with van der Waals surface area (Å²) in [5.41, 5.74) is 6.90. The molecule has 0 atom stereocenters. The monoisotopic (exact) mass is 281 g/mol. The Bertz CT molecular complexity index is 693. The van der Waals surface area contributed by atoms with E-state index in [1.54, 1.807) is 17.6 Å². The van der Waals surface area contributed by atoms with Crippen molar-refractivity contribution in [1.82, 2.24) is 14.5 Å². The number of anilines is 2. The van der Waals surface area contributed by atoms with Gasteiger partial charge in [0.2, 0.25) is 0 Å². The second kappa shape index (κ2) is 4.88. The van der Waals surface area contributed by atoms with Gasteiger partial charge in [-0.05, 0) is 25.5 Å². The van der Waals surface area contributed by atoms with Gasteiger partial charge in [-0.2, -0.15) is 8.42 Å². The summed E-state index contributed by atoms with van der Waals surface area (Å²) in [6.45, 7) is 4.33. The molecule has 7 nitrogen and oxygen atoms in total. The molecule has 2 rings (SSSR count). The lowest BCUT2D eigenvalue weighted by atomic mass is 10.2. The summed E-state index contributed by atoms with van der Waals surface area (Å²) in [6, 6.07) is 1.57. The molecule has 0 amide bonds. The van der Waals surface area contributed by atoms with Crippen molar-refractivity contribution in [3.8, 4) is 0 Å². The lowest BCUT2D eigenvalue weighted by Crippen LogP contribution is -2.14. The highest BCUT2D eigenvalue weighted by Gasteiger charge is 2.18. The number of aromatic nitrogens is 3. The first-order valence-electron chi connectivity index (χ1n) is 5.69. The van der Waals surface area contributed by atoms with Crippen LogP contribution in [0.1, 0.15) is 12.5 Å². The van der Waals surface area contributed by atoms with E-state index in [4.69, 9.17) is 5.73 Å². The van der Waals surface area contributed by atoms with Crippen molar-refractivity contribution in [2.75, 3.05) is 10.5 Å². The largest absolute Gasteiger partial charge is 0.397 e. The highest BCUT2D eigenvalue weighted by Crippen LogP contribution is 2.16. The van der Waals surface area contributed by atoms with Crippen LogP contribution in [0.3, 0.4) is 0 Å². The Hall–Kier alpha value is -2.09. The van der Waals surface area contributed by atoms with Gasteiger partial charge < -0.3 is 10.3 Å². The molecule has 2 heterocycles. The minimum atomic E-state index is -3.72. The Labute approximate surface area is 111 Å². The molecule has 0 saturated carbocycles. The van der Waals surface area contributed by atoms with Crippen molar-refractivity contribution in [2.45, 2.75) is 25.4 Å². The van der Waals surface area contributed by atoms with Gasteiger partial charge in [0.05, 0.1) is 18.2 Å². The fourth-order valence-electron chi connectivity index (χ4n) is 1.46. The number of pyridine rings is 1. The number of aryl methyl sites for hydroxylation is 2. The maximum absolute atomic E-state index is 12.1. The molecule has 2 aromatic rings. The number of rotatable bonds is 4. The molecule has 0 unspecified atom stereocenters. The van der Waals surface area contributed by atoms with Crippen molar-refractivity contribution in [3.63, 3.8) is 0 Å². The minimum absolute atomic E-state index is 0.0365. The van der Waals surface area contributed by atoms with Crippen molar-refractivity contribution < 1.29 is 8.42 Å². The molecule has 19 heavy (non-hydrogen) atoms. The quantitative estimate of drug-likeness (QED) is 0.870. The summed E-state index contributed by atoms with van der Waals surface area (Å²) in [5.74, 6) is 0.220. The standard InChI is InChI=1S/C11H15N5O2S/c1-3-16-6-11(14-7-16)19(17,18)15-10-4-8(2)9(12)5-13-10/h4-7H,3,12H2,1-2H3,(H,13,15). The molecular weight excluding hydrogens is 266 g/mol. The Morgan fingerprint density at radius 3 is 2.74 bits per heavy atom. The molecule has 0 aromatic carbocycles. The van der Waals surface area contributed by atoms with Crippen molar-refractivity contribution >= 4 is 21.5 Å². The van der Waals surface area contributed by atoms with Gasteiger partial charge >= 0.3 is 0 Å². The van der Waals surface area contributed by atoms with Crippen molar-refractivity contribution in [3.05, 3.63) is 30.4 Å². The zero-order chi connectivity index (χ0) is 14.0. The average molecular weight is 281 g/mol. The summed E-state index contributed by atoms with van der Waals surface area (Å²) < 4.78 is 28.2. The second-order valence-electron chi connectivity index (χ2n) is 4.07. The molecule has 0 aliphatic heterocycles. The summed E-state index contributed by atoms with van der Waals surface area (Å²) in [5, 5.41) is -0.0365. The third-order valence-corrected chi connectivity index (χ3v) is 3.88. The summed E-state index contributed by atoms with van der Waals surface area (Å²) in [4.78, 5) is 7.78. The van der Waals surface area contributed by atoms with Crippen molar-refractivity contribution in [1.29, 1.82) is 0 Å². The van der Waals surface area contributed by atoms with Crippen LogP contribution in [0.15, 0.2) is 29.8 Å². The molecule has 102 valence electrons. The number of nitrogen functional groups attached to an aromatic ring is 1. The first-order chi connectivity index (χ1) is 8.92. The third-order valence-electron chi connectivity index (χ3n) is 2.64. The molecule has 0 fully saturated rings. The van der Waals surface area contributed by atoms with Gasteiger partial charge in [-0.1, -0.05) is 0 Å². The third kappa shape index (κ3) is 2.84. The molecule has 0 saturated heterocycles. The maximum atomic E-state index is 12.1. The highest BCUT2D eigenvalue weighted by molar-refractivity contribution is 7.92. The van der Waals surface area contributed by atoms with Gasteiger partial charge in [-0.25, -0.2) is 9.97 Å². The first kappa shape index (κ1) is 13.3. The van der Waals surface area contributed by atoms with Gasteiger partial charge in [0.1, 0.15) is 5.82 Å². The Balaban J connectivity index is 2.28. The van der Waals surface area contributed by atoms with Crippen LogP contribution >= 0.6 is 0 Å². The van der Waals surface area contributed by atoms with Crippen LogP contribution in [0, 0.1) is 6.92 Å². The fourth-order valence-corrected chi connectivity index (χ4v) is 2.42. The Kier molecular flexibility index (Phi) is 3.43. The van der Waals surface area contributed by atoms with Gasteiger partial charge in [-0.3, -0.25) is 4.72 Å². The van der Waals surface area contributed by atoms with Crippen molar-refractivity contribution in [2.24, 2.45) is 0 Å². The maximum Gasteiger partial charge on any atom is 0.282 e. The SMILES string of the molecule is CCn1cnc(S(=O)(=O)Nc2cc(C)c(N)cn2)c1. The molecule has 8 heteroatoms. The minimum Gasteiger partial charge on any atom is -0.397 e. The van der Waals surface area contributed by atoms with Crippen LogP contribution in [0.4, 0.5) is 11.5 Å². The molecule has 0 aliphatic rings. The summed E-state index contributed by atoms with van der Waals surface area (Å²) in [7, 11) is -3.72. The molecule has 0 aliphatic carbocycles. The van der Waals surface area contributed by atoms with Gasteiger partial charge in [0.15, 0.2) is 5.03 Å². The Morgan fingerprint density at radius 1 is 1.42 bits per heavy atom.